The van der Waals surface area contributed by atoms with Crippen LogP contribution in [0.3, 0.4) is 0 Å². The van der Waals surface area contributed by atoms with Crippen molar-refractivity contribution in [1.82, 2.24) is 10.2 Å². The summed E-state index contributed by atoms with van der Waals surface area (Å²) >= 11 is 6.94. The van der Waals surface area contributed by atoms with Crippen molar-refractivity contribution in [1.29, 1.82) is 0 Å². The van der Waals surface area contributed by atoms with Gasteiger partial charge in [-0.05, 0) is 59.5 Å². The molecule has 0 spiro atoms. The summed E-state index contributed by atoms with van der Waals surface area (Å²) in [6, 6.07) is 30.9. The molecule has 0 radical (unpaired) electrons. The van der Waals surface area contributed by atoms with Crippen LogP contribution in [0, 0.1) is 5.92 Å². The van der Waals surface area contributed by atoms with Crippen molar-refractivity contribution < 1.29 is 18.0 Å². The normalized spacial score (nSPS) is 12.0. The summed E-state index contributed by atoms with van der Waals surface area (Å²) in [7, 11) is -4.15. The molecule has 0 unspecified atom stereocenters. The third kappa shape index (κ3) is 9.03. The molecule has 0 heterocycles. The second-order valence-electron chi connectivity index (χ2n) is 10.8. The van der Waals surface area contributed by atoms with E-state index >= 15 is 0 Å². The van der Waals surface area contributed by atoms with Gasteiger partial charge in [-0.25, -0.2) is 8.42 Å². The van der Waals surface area contributed by atoms with Crippen LogP contribution in [0.2, 0.25) is 0 Å². The number of sulfonamides is 1. The van der Waals surface area contributed by atoms with Gasteiger partial charge in [-0.1, -0.05) is 112 Å². The maximum Gasteiger partial charge on any atom is 0.264 e. The first kappa shape index (κ1) is 33.4. The zero-order chi connectivity index (χ0) is 31.7. The van der Waals surface area contributed by atoms with E-state index in [9.17, 15) is 18.0 Å². The van der Waals surface area contributed by atoms with Gasteiger partial charge in [0.25, 0.3) is 10.0 Å². The lowest BCUT2D eigenvalue weighted by atomic mass is 10.0. The van der Waals surface area contributed by atoms with Crippen LogP contribution in [0.4, 0.5) is 5.69 Å². The quantitative estimate of drug-likeness (QED) is 0.163. The molecule has 7 nitrogen and oxygen atoms in total. The topological polar surface area (TPSA) is 86.8 Å². The molecule has 0 saturated heterocycles. The minimum absolute atomic E-state index is 0.0572. The van der Waals surface area contributed by atoms with Crippen molar-refractivity contribution in [2.24, 2.45) is 5.92 Å². The fourth-order valence-electron chi connectivity index (χ4n) is 4.69. The zero-order valence-corrected chi connectivity index (χ0v) is 28.6. The highest BCUT2D eigenvalue weighted by Gasteiger charge is 2.34. The Bertz CT molecular complexity index is 1670. The van der Waals surface area contributed by atoms with Crippen LogP contribution in [0.25, 0.3) is 0 Å². The molecule has 0 aliphatic heterocycles. The fourth-order valence-corrected chi connectivity index (χ4v) is 6.95. The SMILES string of the molecule is CC(C)CNC(=O)[C@@H](Cc1ccccc1)N(Cc1cccc(Br)c1)C(=O)CN(c1cccc(Br)c1)S(=O)(=O)c1ccccc1. The molecule has 10 heteroatoms. The monoisotopic (exact) mass is 739 g/mol. The molecule has 230 valence electrons. The summed E-state index contributed by atoms with van der Waals surface area (Å²) in [6.45, 7) is 4.03. The molecule has 1 N–H and O–H groups in total. The average Bonchev–Trinajstić information content (AvgIpc) is 3.01. The van der Waals surface area contributed by atoms with Gasteiger partial charge in [-0.15, -0.1) is 0 Å². The van der Waals surface area contributed by atoms with E-state index in [1.54, 1.807) is 42.5 Å². The third-order valence-corrected chi connectivity index (χ3v) is 9.68. The van der Waals surface area contributed by atoms with E-state index in [-0.39, 0.29) is 29.7 Å². The van der Waals surface area contributed by atoms with E-state index in [1.165, 1.54) is 17.0 Å². The smallest absolute Gasteiger partial charge is 0.264 e. The number of carbonyl (C=O) groups is 2. The van der Waals surface area contributed by atoms with Gasteiger partial charge in [0.05, 0.1) is 10.6 Å². The van der Waals surface area contributed by atoms with Crippen LogP contribution in [-0.2, 0) is 32.6 Å². The van der Waals surface area contributed by atoms with E-state index in [4.69, 9.17) is 0 Å². The Hall–Kier alpha value is -3.47. The molecule has 4 aromatic carbocycles. The second kappa shape index (κ2) is 15.5. The number of amides is 2. The zero-order valence-electron chi connectivity index (χ0n) is 24.6. The standard InChI is InChI=1S/C34H35Br2N3O4S/c1-25(2)22-37-34(41)32(20-26-11-5-3-6-12-26)38(23-27-13-9-14-28(35)19-27)33(40)24-39(30-16-10-15-29(36)21-30)44(42,43)31-17-7-4-8-18-31/h3-19,21,25,32H,20,22-24H2,1-2H3,(H,37,41)/t32-/m1/s1. The Morgan fingerprint density at radius 3 is 1.98 bits per heavy atom. The third-order valence-electron chi connectivity index (χ3n) is 6.90. The fraction of sp³-hybridized carbons (Fsp3) is 0.235. The largest absolute Gasteiger partial charge is 0.354 e. The van der Waals surface area contributed by atoms with Gasteiger partial charge in [0.15, 0.2) is 0 Å². The summed E-state index contributed by atoms with van der Waals surface area (Å²) in [4.78, 5) is 29.8. The molecular weight excluding hydrogens is 706 g/mol. The molecule has 2 amide bonds. The van der Waals surface area contributed by atoms with Crippen molar-refractivity contribution in [3.63, 3.8) is 0 Å². The molecular formula is C34H35Br2N3O4S. The minimum atomic E-state index is -4.15. The minimum Gasteiger partial charge on any atom is -0.354 e. The Balaban J connectivity index is 1.79. The van der Waals surface area contributed by atoms with E-state index in [0.29, 0.717) is 16.7 Å². The number of nitrogens with zero attached hydrogens (tertiary/aromatic N) is 2. The molecule has 0 aliphatic carbocycles. The second-order valence-corrected chi connectivity index (χ2v) is 14.5. The van der Waals surface area contributed by atoms with Crippen LogP contribution < -0.4 is 9.62 Å². The number of anilines is 1. The lowest BCUT2D eigenvalue weighted by Gasteiger charge is -2.34. The van der Waals surface area contributed by atoms with E-state index in [0.717, 1.165) is 19.9 Å². The van der Waals surface area contributed by atoms with E-state index < -0.39 is 28.5 Å². The Labute approximate surface area is 276 Å². The first-order chi connectivity index (χ1) is 21.0. The number of hydrogen-bond donors (Lipinski definition) is 1. The predicted octanol–water partition coefficient (Wildman–Crippen LogP) is 6.82. The lowest BCUT2D eigenvalue weighted by Crippen LogP contribution is -2.53. The first-order valence-corrected chi connectivity index (χ1v) is 17.3. The summed E-state index contributed by atoms with van der Waals surface area (Å²) in [5.74, 6) is -0.607. The van der Waals surface area contributed by atoms with Crippen LogP contribution in [-0.4, -0.2) is 44.3 Å². The van der Waals surface area contributed by atoms with Crippen LogP contribution in [0.5, 0.6) is 0 Å². The van der Waals surface area contributed by atoms with Gasteiger partial charge in [0, 0.05) is 28.5 Å². The summed E-state index contributed by atoms with van der Waals surface area (Å²) in [6.07, 6.45) is 0.257. The van der Waals surface area contributed by atoms with E-state index in [2.05, 4.69) is 37.2 Å². The van der Waals surface area contributed by atoms with Crippen molar-refractivity contribution in [3.05, 3.63) is 129 Å². The highest BCUT2D eigenvalue weighted by atomic mass is 79.9. The van der Waals surface area contributed by atoms with Gasteiger partial charge in [0.2, 0.25) is 11.8 Å². The summed E-state index contributed by atoms with van der Waals surface area (Å²) in [5.41, 5.74) is 2.00. The number of hydrogen-bond acceptors (Lipinski definition) is 4. The number of halogens is 2. The number of carbonyl (C=O) groups excluding carboxylic acids is 2. The van der Waals surface area contributed by atoms with Crippen molar-refractivity contribution in [2.75, 3.05) is 17.4 Å². The van der Waals surface area contributed by atoms with Crippen molar-refractivity contribution >= 4 is 59.4 Å². The number of benzene rings is 4. The van der Waals surface area contributed by atoms with Crippen molar-refractivity contribution in [3.8, 4) is 0 Å². The lowest BCUT2D eigenvalue weighted by molar-refractivity contribution is -0.140. The molecule has 0 aliphatic rings. The maximum absolute atomic E-state index is 14.5. The van der Waals surface area contributed by atoms with Gasteiger partial charge >= 0.3 is 0 Å². The summed E-state index contributed by atoms with van der Waals surface area (Å²) < 4.78 is 30.7. The highest BCUT2D eigenvalue weighted by Crippen LogP contribution is 2.27. The van der Waals surface area contributed by atoms with Crippen LogP contribution in [0.15, 0.2) is 123 Å². The molecule has 1 atom stereocenters. The maximum atomic E-state index is 14.5. The van der Waals surface area contributed by atoms with Gasteiger partial charge in [0.1, 0.15) is 12.6 Å². The molecule has 0 aromatic heterocycles. The highest BCUT2D eigenvalue weighted by molar-refractivity contribution is 9.10. The summed E-state index contributed by atoms with van der Waals surface area (Å²) in [5, 5.41) is 3.00. The molecule has 0 saturated carbocycles. The van der Waals surface area contributed by atoms with Gasteiger partial charge < -0.3 is 10.2 Å². The Morgan fingerprint density at radius 1 is 0.773 bits per heavy atom. The van der Waals surface area contributed by atoms with Gasteiger partial charge in [-0.3, -0.25) is 13.9 Å². The number of rotatable bonds is 13. The molecule has 0 bridgehead atoms. The van der Waals surface area contributed by atoms with Crippen molar-refractivity contribution in [2.45, 2.75) is 37.8 Å². The van der Waals surface area contributed by atoms with Crippen LogP contribution >= 0.6 is 31.9 Å². The molecule has 44 heavy (non-hydrogen) atoms. The number of nitrogens with one attached hydrogen (secondary N) is 1. The van der Waals surface area contributed by atoms with Gasteiger partial charge in [-0.2, -0.15) is 0 Å². The predicted molar refractivity (Wildman–Crippen MR) is 182 cm³/mol. The Morgan fingerprint density at radius 2 is 1.36 bits per heavy atom. The molecule has 4 aromatic rings. The first-order valence-electron chi connectivity index (χ1n) is 14.2. The molecule has 4 rings (SSSR count). The Kier molecular flexibility index (Phi) is 11.8. The molecule has 0 fully saturated rings. The van der Waals surface area contributed by atoms with E-state index in [1.807, 2.05) is 68.4 Å². The average molecular weight is 742 g/mol. The van der Waals surface area contributed by atoms with Crippen LogP contribution in [0.1, 0.15) is 25.0 Å².